The molecular formula is C19H22N2O3S. The number of rotatable bonds is 4. The molecule has 1 saturated heterocycles. The number of likely N-dealkylation sites (tertiary alicyclic amines) is 1. The zero-order chi connectivity index (χ0) is 17.7. The fourth-order valence-corrected chi connectivity index (χ4v) is 4.30. The highest BCUT2D eigenvalue weighted by atomic mass is 32.2. The topological polar surface area (TPSA) is 66.5 Å². The highest BCUT2D eigenvalue weighted by molar-refractivity contribution is 7.92. The molecule has 0 aromatic heterocycles. The summed E-state index contributed by atoms with van der Waals surface area (Å²) in [6.45, 7) is 1.36. The number of benzene rings is 2. The van der Waals surface area contributed by atoms with Gasteiger partial charge in [0.1, 0.15) is 4.90 Å². The third-order valence-electron chi connectivity index (χ3n) is 4.33. The number of sulfonamides is 1. The highest BCUT2D eigenvalue weighted by Crippen LogP contribution is 2.22. The second-order valence-electron chi connectivity index (χ2n) is 6.17. The second kappa shape index (κ2) is 7.70. The number of anilines is 1. The number of nitrogens with zero attached hydrogens (tertiary/aromatic N) is 1. The number of carbonyl (C=O) groups is 1. The van der Waals surface area contributed by atoms with Crippen LogP contribution in [-0.4, -0.2) is 32.3 Å². The summed E-state index contributed by atoms with van der Waals surface area (Å²) in [4.78, 5) is 14.7. The van der Waals surface area contributed by atoms with Gasteiger partial charge in [0.25, 0.3) is 15.9 Å². The molecule has 0 saturated carbocycles. The number of amides is 1. The van der Waals surface area contributed by atoms with Gasteiger partial charge in [0.2, 0.25) is 0 Å². The summed E-state index contributed by atoms with van der Waals surface area (Å²) in [6, 6.07) is 15.1. The molecule has 1 fully saturated rings. The minimum absolute atomic E-state index is 0.0214. The zero-order valence-corrected chi connectivity index (χ0v) is 14.8. The summed E-state index contributed by atoms with van der Waals surface area (Å²) in [6.07, 6.45) is 4.14. The van der Waals surface area contributed by atoms with Crippen LogP contribution in [-0.2, 0) is 10.0 Å². The Morgan fingerprint density at radius 3 is 2.12 bits per heavy atom. The number of hydrogen-bond donors (Lipinski definition) is 1. The van der Waals surface area contributed by atoms with Gasteiger partial charge in [-0.1, -0.05) is 43.2 Å². The summed E-state index contributed by atoms with van der Waals surface area (Å²) in [7, 11) is -3.83. The van der Waals surface area contributed by atoms with Gasteiger partial charge in [0.05, 0.1) is 5.56 Å². The maximum atomic E-state index is 12.9. The molecule has 0 aliphatic carbocycles. The van der Waals surface area contributed by atoms with Crippen LogP contribution in [0.3, 0.4) is 0 Å². The number of carbonyl (C=O) groups excluding carboxylic acids is 1. The first-order chi connectivity index (χ1) is 12.1. The minimum atomic E-state index is -3.83. The van der Waals surface area contributed by atoms with Gasteiger partial charge in [-0.05, 0) is 37.1 Å². The van der Waals surface area contributed by atoms with E-state index in [-0.39, 0.29) is 16.4 Å². The van der Waals surface area contributed by atoms with Crippen molar-refractivity contribution in [3.63, 3.8) is 0 Å². The van der Waals surface area contributed by atoms with Gasteiger partial charge in [0, 0.05) is 18.8 Å². The Kier molecular flexibility index (Phi) is 5.38. The maximum Gasteiger partial charge on any atom is 0.262 e. The predicted octanol–water partition coefficient (Wildman–Crippen LogP) is 3.50. The summed E-state index contributed by atoms with van der Waals surface area (Å²) < 4.78 is 28.1. The SMILES string of the molecule is O=C(c1ccccc1S(=O)(=O)Nc1ccccc1)N1CCCCCC1. The van der Waals surface area contributed by atoms with Crippen molar-refractivity contribution in [2.45, 2.75) is 30.6 Å². The van der Waals surface area contributed by atoms with E-state index in [9.17, 15) is 13.2 Å². The molecule has 0 unspecified atom stereocenters. The van der Waals surface area contributed by atoms with E-state index in [0.29, 0.717) is 18.8 Å². The summed E-state index contributed by atoms with van der Waals surface area (Å²) in [5, 5.41) is 0. The Hall–Kier alpha value is -2.34. The molecule has 6 heteroatoms. The molecule has 3 rings (SSSR count). The van der Waals surface area contributed by atoms with Crippen molar-refractivity contribution in [1.82, 2.24) is 4.90 Å². The van der Waals surface area contributed by atoms with Crippen LogP contribution in [0.25, 0.3) is 0 Å². The van der Waals surface area contributed by atoms with Crippen LogP contribution in [0.5, 0.6) is 0 Å². The van der Waals surface area contributed by atoms with E-state index in [4.69, 9.17) is 0 Å². The lowest BCUT2D eigenvalue weighted by Crippen LogP contribution is -2.33. The molecule has 5 nitrogen and oxygen atoms in total. The van der Waals surface area contributed by atoms with Crippen LogP contribution in [0.2, 0.25) is 0 Å². The Balaban J connectivity index is 1.91. The van der Waals surface area contributed by atoms with Gasteiger partial charge in [-0.15, -0.1) is 0 Å². The van der Waals surface area contributed by atoms with E-state index >= 15 is 0 Å². The molecule has 1 aliphatic rings. The quantitative estimate of drug-likeness (QED) is 0.909. The molecular weight excluding hydrogens is 336 g/mol. The van der Waals surface area contributed by atoms with E-state index in [2.05, 4.69) is 4.72 Å². The van der Waals surface area contributed by atoms with Crippen LogP contribution in [0.15, 0.2) is 59.5 Å². The van der Waals surface area contributed by atoms with Gasteiger partial charge in [-0.2, -0.15) is 0 Å². The molecule has 0 atom stereocenters. The molecule has 2 aromatic carbocycles. The van der Waals surface area contributed by atoms with Gasteiger partial charge in [-0.25, -0.2) is 8.42 Å². The summed E-state index contributed by atoms with van der Waals surface area (Å²) >= 11 is 0. The minimum Gasteiger partial charge on any atom is -0.339 e. The van der Waals surface area contributed by atoms with Gasteiger partial charge >= 0.3 is 0 Å². The molecule has 1 N–H and O–H groups in total. The Labute approximate surface area is 148 Å². The molecule has 1 amide bonds. The number of nitrogens with one attached hydrogen (secondary N) is 1. The lowest BCUT2D eigenvalue weighted by molar-refractivity contribution is 0.0758. The first-order valence-electron chi connectivity index (χ1n) is 8.54. The van der Waals surface area contributed by atoms with Crippen LogP contribution in [0.1, 0.15) is 36.0 Å². The average molecular weight is 358 g/mol. The predicted molar refractivity (Wildman–Crippen MR) is 98.1 cm³/mol. The molecule has 1 heterocycles. The second-order valence-corrected chi connectivity index (χ2v) is 7.82. The molecule has 0 bridgehead atoms. The third-order valence-corrected chi connectivity index (χ3v) is 5.77. The molecule has 0 radical (unpaired) electrons. The lowest BCUT2D eigenvalue weighted by atomic mass is 10.2. The largest absolute Gasteiger partial charge is 0.339 e. The monoisotopic (exact) mass is 358 g/mol. The third kappa shape index (κ3) is 4.20. The number of para-hydroxylation sites is 1. The van der Waals surface area contributed by atoms with E-state index in [1.165, 1.54) is 6.07 Å². The van der Waals surface area contributed by atoms with Gasteiger partial charge < -0.3 is 4.90 Å². The fraction of sp³-hybridized carbons (Fsp3) is 0.316. The van der Waals surface area contributed by atoms with Crippen LogP contribution in [0.4, 0.5) is 5.69 Å². The smallest absolute Gasteiger partial charge is 0.262 e. The van der Waals surface area contributed by atoms with Crippen molar-refractivity contribution in [1.29, 1.82) is 0 Å². The van der Waals surface area contributed by atoms with Gasteiger partial charge in [-0.3, -0.25) is 9.52 Å². The van der Waals surface area contributed by atoms with Crippen LogP contribution < -0.4 is 4.72 Å². The molecule has 1 aliphatic heterocycles. The molecule has 25 heavy (non-hydrogen) atoms. The summed E-state index contributed by atoms with van der Waals surface area (Å²) in [5.74, 6) is -0.212. The fourth-order valence-electron chi connectivity index (χ4n) is 3.04. The highest BCUT2D eigenvalue weighted by Gasteiger charge is 2.25. The van der Waals surface area contributed by atoms with E-state index in [0.717, 1.165) is 25.7 Å². The maximum absolute atomic E-state index is 12.9. The van der Waals surface area contributed by atoms with Crippen molar-refractivity contribution in [3.8, 4) is 0 Å². The van der Waals surface area contributed by atoms with Crippen LogP contribution >= 0.6 is 0 Å². The lowest BCUT2D eigenvalue weighted by Gasteiger charge is -2.22. The van der Waals surface area contributed by atoms with Gasteiger partial charge in [0.15, 0.2) is 0 Å². The van der Waals surface area contributed by atoms with Crippen LogP contribution in [0, 0.1) is 0 Å². The van der Waals surface area contributed by atoms with E-state index in [1.54, 1.807) is 47.4 Å². The zero-order valence-electron chi connectivity index (χ0n) is 14.0. The van der Waals surface area contributed by atoms with E-state index < -0.39 is 10.0 Å². The number of hydrogen-bond acceptors (Lipinski definition) is 3. The average Bonchev–Trinajstić information content (AvgIpc) is 2.91. The van der Waals surface area contributed by atoms with Crippen molar-refractivity contribution in [2.75, 3.05) is 17.8 Å². The van der Waals surface area contributed by atoms with E-state index in [1.807, 2.05) is 6.07 Å². The normalized spacial score (nSPS) is 15.4. The van der Waals surface area contributed by atoms with Crippen molar-refractivity contribution in [2.24, 2.45) is 0 Å². The molecule has 132 valence electrons. The Morgan fingerprint density at radius 1 is 0.840 bits per heavy atom. The van der Waals surface area contributed by atoms with Crippen molar-refractivity contribution in [3.05, 3.63) is 60.2 Å². The Bertz CT molecular complexity index is 827. The Morgan fingerprint density at radius 2 is 1.44 bits per heavy atom. The summed E-state index contributed by atoms with van der Waals surface area (Å²) in [5.41, 5.74) is 0.701. The standard InChI is InChI=1S/C19H22N2O3S/c22-19(21-14-8-1-2-9-15-21)17-12-6-7-13-18(17)25(23,24)20-16-10-4-3-5-11-16/h3-7,10-13,20H,1-2,8-9,14-15H2. The molecule has 0 spiro atoms. The van der Waals surface area contributed by atoms with Crippen molar-refractivity contribution >= 4 is 21.6 Å². The van der Waals surface area contributed by atoms with Crippen molar-refractivity contribution < 1.29 is 13.2 Å². The first kappa shape index (κ1) is 17.5. The molecule has 2 aromatic rings. The first-order valence-corrected chi connectivity index (χ1v) is 10.0.